The first-order valence-electron chi connectivity index (χ1n) is 7.94. The van der Waals surface area contributed by atoms with E-state index < -0.39 is 0 Å². The van der Waals surface area contributed by atoms with Gasteiger partial charge in [-0.2, -0.15) is 0 Å². The molecule has 1 amide bonds. The fourth-order valence-corrected chi connectivity index (χ4v) is 4.83. The molecule has 0 atom stereocenters. The van der Waals surface area contributed by atoms with Crippen molar-refractivity contribution in [1.29, 1.82) is 0 Å². The van der Waals surface area contributed by atoms with Crippen LogP contribution in [0.1, 0.15) is 33.6 Å². The number of halogens is 1. The molecule has 0 saturated carbocycles. The van der Waals surface area contributed by atoms with Gasteiger partial charge in [-0.15, -0.1) is 11.3 Å². The molecule has 1 fully saturated rings. The number of amides is 1. The molecule has 0 radical (unpaired) electrons. The van der Waals surface area contributed by atoms with Crippen LogP contribution < -0.4 is 0 Å². The largest absolute Gasteiger partial charge is 0.370 e. The van der Waals surface area contributed by atoms with Gasteiger partial charge in [0, 0.05) is 34.4 Å². The first-order chi connectivity index (χ1) is 11.2. The molecule has 120 valence electrons. The summed E-state index contributed by atoms with van der Waals surface area (Å²) in [5.74, 6) is 0.119. The number of fused-ring (bicyclic) bond motifs is 2. The summed E-state index contributed by atoms with van der Waals surface area (Å²) < 4.78 is 7.20. The van der Waals surface area contributed by atoms with Gasteiger partial charge >= 0.3 is 0 Å². The van der Waals surface area contributed by atoms with E-state index in [1.54, 1.807) is 0 Å². The molecule has 1 saturated heterocycles. The highest BCUT2D eigenvalue weighted by atomic mass is 79.9. The highest BCUT2D eigenvalue weighted by molar-refractivity contribution is 9.10. The van der Waals surface area contributed by atoms with Crippen molar-refractivity contribution in [3.05, 3.63) is 56.2 Å². The van der Waals surface area contributed by atoms with Crippen LogP contribution in [0.5, 0.6) is 0 Å². The number of benzene rings is 1. The fraction of sp³-hybridized carbons (Fsp3) is 0.389. The van der Waals surface area contributed by atoms with Gasteiger partial charge in [0.05, 0.1) is 12.2 Å². The maximum absolute atomic E-state index is 12.6. The van der Waals surface area contributed by atoms with Crippen LogP contribution in [-0.2, 0) is 16.8 Å². The summed E-state index contributed by atoms with van der Waals surface area (Å²) in [5.41, 5.74) is 1.96. The summed E-state index contributed by atoms with van der Waals surface area (Å²) >= 11 is 5.24. The van der Waals surface area contributed by atoms with Crippen LogP contribution in [-0.4, -0.2) is 30.5 Å². The van der Waals surface area contributed by atoms with E-state index in [4.69, 9.17) is 4.74 Å². The fourth-order valence-electron chi connectivity index (χ4n) is 3.62. The molecule has 0 bridgehead atoms. The molecule has 0 unspecified atom stereocenters. The quantitative estimate of drug-likeness (QED) is 0.728. The number of nitrogens with zero attached hydrogens (tertiary/aromatic N) is 1. The maximum Gasteiger partial charge on any atom is 0.253 e. The van der Waals surface area contributed by atoms with Crippen LogP contribution >= 0.6 is 27.3 Å². The van der Waals surface area contributed by atoms with Crippen LogP contribution in [0.3, 0.4) is 0 Å². The number of hydrogen-bond donors (Lipinski definition) is 0. The number of thiophene rings is 1. The van der Waals surface area contributed by atoms with Gasteiger partial charge in [-0.3, -0.25) is 4.79 Å². The Balaban J connectivity index is 1.50. The zero-order chi connectivity index (χ0) is 15.9. The van der Waals surface area contributed by atoms with Crippen molar-refractivity contribution in [3.63, 3.8) is 0 Å². The molecule has 4 rings (SSSR count). The topological polar surface area (TPSA) is 29.5 Å². The molecular weight excluding hydrogens is 374 g/mol. The Bertz CT molecular complexity index is 717. The predicted molar refractivity (Wildman–Crippen MR) is 94.9 cm³/mol. The lowest BCUT2D eigenvalue weighted by molar-refractivity contribution is -0.0926. The Kier molecular flexibility index (Phi) is 4.03. The monoisotopic (exact) mass is 391 g/mol. The Hall–Kier alpha value is -1.17. The van der Waals surface area contributed by atoms with E-state index in [1.807, 2.05) is 40.5 Å². The van der Waals surface area contributed by atoms with E-state index in [2.05, 4.69) is 27.4 Å². The van der Waals surface area contributed by atoms with Crippen LogP contribution in [0.2, 0.25) is 0 Å². The van der Waals surface area contributed by atoms with Crippen LogP contribution in [0.25, 0.3) is 0 Å². The lowest BCUT2D eigenvalue weighted by atomic mass is 9.82. The summed E-state index contributed by atoms with van der Waals surface area (Å²) in [6.45, 7) is 2.31. The third-order valence-corrected chi connectivity index (χ3v) is 6.40. The molecule has 2 aliphatic heterocycles. The van der Waals surface area contributed by atoms with E-state index in [0.717, 1.165) is 49.0 Å². The zero-order valence-corrected chi connectivity index (χ0v) is 15.2. The average Bonchev–Trinajstić information content (AvgIpc) is 3.06. The normalized spacial score (nSPS) is 19.6. The molecule has 23 heavy (non-hydrogen) atoms. The second-order valence-electron chi connectivity index (χ2n) is 6.15. The molecule has 1 aromatic heterocycles. The van der Waals surface area contributed by atoms with Crippen LogP contribution in [0.4, 0.5) is 0 Å². The van der Waals surface area contributed by atoms with E-state index in [0.29, 0.717) is 0 Å². The number of hydrogen-bond acceptors (Lipinski definition) is 3. The number of rotatable bonds is 1. The van der Waals surface area contributed by atoms with Crippen molar-refractivity contribution in [3.8, 4) is 0 Å². The summed E-state index contributed by atoms with van der Waals surface area (Å²) in [5, 5.41) is 2.17. The third-order valence-electron chi connectivity index (χ3n) is 4.89. The lowest BCUT2D eigenvalue weighted by Crippen LogP contribution is -2.48. The first kappa shape index (κ1) is 15.4. The highest BCUT2D eigenvalue weighted by Crippen LogP contribution is 2.43. The van der Waals surface area contributed by atoms with Crippen molar-refractivity contribution in [2.75, 3.05) is 19.7 Å². The van der Waals surface area contributed by atoms with Gasteiger partial charge in [-0.1, -0.05) is 15.9 Å². The zero-order valence-electron chi connectivity index (χ0n) is 12.8. The lowest BCUT2D eigenvalue weighted by Gasteiger charge is -2.44. The van der Waals surface area contributed by atoms with E-state index in [-0.39, 0.29) is 11.5 Å². The molecule has 5 heteroatoms. The summed E-state index contributed by atoms with van der Waals surface area (Å²) in [4.78, 5) is 16.1. The van der Waals surface area contributed by atoms with Crippen LogP contribution in [0, 0.1) is 0 Å². The van der Waals surface area contributed by atoms with Gasteiger partial charge in [0.15, 0.2) is 0 Å². The Labute approximate surface area is 148 Å². The summed E-state index contributed by atoms with van der Waals surface area (Å²) in [6, 6.07) is 9.81. The maximum atomic E-state index is 12.6. The molecule has 2 aliphatic rings. The SMILES string of the molecule is O=C(c1ccc(Br)cc1)N1CCC2(CC1)OCCc1sccc12. The van der Waals surface area contributed by atoms with E-state index in [9.17, 15) is 4.79 Å². The standard InChI is InChI=1S/C18H18BrNO2S/c19-14-3-1-13(2-4-14)17(21)20-9-7-18(8-10-20)15-6-12-23-16(15)5-11-22-18/h1-4,6,12H,5,7-11H2. The van der Waals surface area contributed by atoms with Gasteiger partial charge in [-0.25, -0.2) is 0 Å². The minimum atomic E-state index is -0.163. The second-order valence-corrected chi connectivity index (χ2v) is 8.07. The predicted octanol–water partition coefficient (Wildman–Crippen LogP) is 4.21. The van der Waals surface area contributed by atoms with Gasteiger partial charge in [-0.05, 0) is 54.1 Å². The van der Waals surface area contributed by atoms with Gasteiger partial charge in [0.25, 0.3) is 5.91 Å². The molecule has 1 spiro atoms. The van der Waals surface area contributed by atoms with Crippen molar-refractivity contribution < 1.29 is 9.53 Å². The average molecular weight is 392 g/mol. The third kappa shape index (κ3) is 2.75. The minimum absolute atomic E-state index is 0.119. The first-order valence-corrected chi connectivity index (χ1v) is 9.61. The molecule has 0 N–H and O–H groups in total. The van der Waals surface area contributed by atoms with Crippen molar-refractivity contribution in [2.45, 2.75) is 24.9 Å². The minimum Gasteiger partial charge on any atom is -0.370 e. The second kappa shape index (κ2) is 6.04. The Morgan fingerprint density at radius 3 is 2.65 bits per heavy atom. The molecule has 1 aromatic carbocycles. The van der Waals surface area contributed by atoms with Crippen molar-refractivity contribution in [2.24, 2.45) is 0 Å². The summed E-state index contributed by atoms with van der Waals surface area (Å²) in [6.07, 6.45) is 2.80. The summed E-state index contributed by atoms with van der Waals surface area (Å²) in [7, 11) is 0. The number of carbonyl (C=O) groups excluding carboxylic acids is 1. The van der Waals surface area contributed by atoms with Crippen molar-refractivity contribution in [1.82, 2.24) is 4.90 Å². The van der Waals surface area contributed by atoms with E-state index in [1.165, 1.54) is 10.4 Å². The van der Waals surface area contributed by atoms with Gasteiger partial charge < -0.3 is 9.64 Å². The van der Waals surface area contributed by atoms with Gasteiger partial charge in [0.1, 0.15) is 0 Å². The highest BCUT2D eigenvalue weighted by Gasteiger charge is 2.42. The molecule has 3 nitrogen and oxygen atoms in total. The Morgan fingerprint density at radius 1 is 1.17 bits per heavy atom. The molecule has 2 aromatic rings. The molecule has 0 aliphatic carbocycles. The van der Waals surface area contributed by atoms with Crippen LogP contribution in [0.15, 0.2) is 40.2 Å². The van der Waals surface area contributed by atoms with Crippen molar-refractivity contribution >= 4 is 33.2 Å². The number of piperidine rings is 1. The van der Waals surface area contributed by atoms with E-state index >= 15 is 0 Å². The molecule has 3 heterocycles. The number of ether oxygens (including phenoxy) is 1. The number of likely N-dealkylation sites (tertiary alicyclic amines) is 1. The van der Waals surface area contributed by atoms with Gasteiger partial charge in [0.2, 0.25) is 0 Å². The smallest absolute Gasteiger partial charge is 0.253 e. The Morgan fingerprint density at radius 2 is 1.91 bits per heavy atom. The number of carbonyl (C=O) groups is 1. The molecular formula is C18H18BrNO2S.